The Kier molecular flexibility index (Phi) is 10.1. The Labute approximate surface area is 165 Å². The number of aryl methyl sites for hydroxylation is 1. The molecule has 0 spiro atoms. The fourth-order valence-corrected chi connectivity index (χ4v) is 3.56. The summed E-state index contributed by atoms with van der Waals surface area (Å²) >= 11 is 2.71. The molecule has 0 bridgehead atoms. The van der Waals surface area contributed by atoms with E-state index in [1.54, 1.807) is 18.7 Å². The van der Waals surface area contributed by atoms with E-state index in [0.29, 0.717) is 17.3 Å². The van der Waals surface area contributed by atoms with Crippen molar-refractivity contribution in [1.82, 2.24) is 20.0 Å². The van der Waals surface area contributed by atoms with Crippen molar-refractivity contribution < 1.29 is 24.5 Å². The van der Waals surface area contributed by atoms with Crippen molar-refractivity contribution >= 4 is 40.9 Å². The van der Waals surface area contributed by atoms with E-state index in [2.05, 4.69) is 29.8 Å². The molecular weight excluding hydrogens is 394 g/mol. The molecule has 0 aromatic carbocycles. The fourth-order valence-electron chi connectivity index (χ4n) is 1.95. The SMILES string of the molecule is CO.COOC(=O)/C=C(/C)CSC1NCC1NC(=O)C(=N)c1nsc(C)n1. The smallest absolute Gasteiger partial charge is 0.365 e. The summed E-state index contributed by atoms with van der Waals surface area (Å²) in [7, 11) is 2.27. The third kappa shape index (κ3) is 7.34. The number of carbonyl (C=O) groups excluding carboxylic acids is 2. The Morgan fingerprint density at radius 1 is 1.52 bits per heavy atom. The molecule has 0 aliphatic carbocycles. The van der Waals surface area contributed by atoms with Crippen molar-refractivity contribution in [3.05, 3.63) is 22.5 Å². The molecule has 0 saturated carbocycles. The van der Waals surface area contributed by atoms with E-state index in [-0.39, 0.29) is 23.0 Å². The molecule has 2 unspecified atom stereocenters. The van der Waals surface area contributed by atoms with E-state index in [1.165, 1.54) is 13.2 Å². The van der Waals surface area contributed by atoms with E-state index in [9.17, 15) is 9.59 Å². The van der Waals surface area contributed by atoms with Gasteiger partial charge >= 0.3 is 5.97 Å². The normalized spacial score (nSPS) is 18.6. The van der Waals surface area contributed by atoms with Gasteiger partial charge in [-0.2, -0.15) is 9.26 Å². The number of nitrogens with one attached hydrogen (secondary N) is 3. The molecule has 1 fully saturated rings. The number of carbonyl (C=O) groups is 2. The van der Waals surface area contributed by atoms with Crippen LogP contribution >= 0.6 is 23.3 Å². The van der Waals surface area contributed by atoms with Gasteiger partial charge < -0.3 is 15.7 Å². The monoisotopic (exact) mass is 417 g/mol. The van der Waals surface area contributed by atoms with Crippen molar-refractivity contribution in [2.24, 2.45) is 0 Å². The summed E-state index contributed by atoms with van der Waals surface area (Å²) in [5, 5.41) is 21.6. The van der Waals surface area contributed by atoms with Crippen LogP contribution in [0.1, 0.15) is 17.8 Å². The zero-order valence-electron chi connectivity index (χ0n) is 15.4. The second kappa shape index (κ2) is 11.8. The first-order valence-electron chi connectivity index (χ1n) is 7.82. The fraction of sp³-hybridized carbons (Fsp3) is 0.533. The molecule has 12 heteroatoms. The minimum atomic E-state index is -0.563. The number of hydrogen-bond donors (Lipinski definition) is 4. The molecule has 150 valence electrons. The Balaban J connectivity index is 0.00000176. The van der Waals surface area contributed by atoms with Crippen molar-refractivity contribution in [3.8, 4) is 0 Å². The first-order valence-corrected chi connectivity index (χ1v) is 9.64. The quantitative estimate of drug-likeness (QED) is 0.199. The molecule has 1 amide bonds. The number of thioether (sulfide) groups is 1. The third-order valence-corrected chi connectivity index (χ3v) is 5.32. The lowest BCUT2D eigenvalue weighted by molar-refractivity contribution is -0.249. The minimum Gasteiger partial charge on any atom is -0.400 e. The van der Waals surface area contributed by atoms with Crippen LogP contribution in [0.3, 0.4) is 0 Å². The molecule has 2 atom stereocenters. The minimum absolute atomic E-state index is 0.00340. The van der Waals surface area contributed by atoms with Crippen molar-refractivity contribution in [2.75, 3.05) is 26.5 Å². The molecule has 2 rings (SSSR count). The number of aromatic nitrogens is 2. The van der Waals surface area contributed by atoms with Crippen molar-refractivity contribution in [1.29, 1.82) is 5.41 Å². The topological polar surface area (TPSA) is 147 Å². The summed E-state index contributed by atoms with van der Waals surface area (Å²) in [6, 6.07) is -0.101. The van der Waals surface area contributed by atoms with Gasteiger partial charge in [-0.25, -0.2) is 9.78 Å². The first-order chi connectivity index (χ1) is 12.9. The van der Waals surface area contributed by atoms with Crippen LogP contribution in [0.2, 0.25) is 0 Å². The second-order valence-electron chi connectivity index (χ2n) is 5.29. The standard InChI is InChI=1S/C14H19N5O4S2.CH4O/c1-7(4-10(20)23-22-3)6-24-14-9(5-16-14)18-13(21)11(15)12-17-8(2)25-19-12;1-2/h4,9,14-16H,5-6H2,1-3H3,(H,18,21);2H,1H3/b7-4-,15-11?;. The third-order valence-electron chi connectivity index (χ3n) is 3.22. The summed E-state index contributed by atoms with van der Waals surface area (Å²) in [6.45, 7) is 4.20. The van der Waals surface area contributed by atoms with Crippen molar-refractivity contribution in [2.45, 2.75) is 25.3 Å². The molecule has 0 radical (unpaired) electrons. The zero-order valence-corrected chi connectivity index (χ0v) is 17.1. The van der Waals surface area contributed by atoms with Crippen LogP contribution in [0.25, 0.3) is 0 Å². The maximum absolute atomic E-state index is 12.1. The molecular formula is C15H23N5O5S2. The highest BCUT2D eigenvalue weighted by molar-refractivity contribution is 8.00. The zero-order chi connectivity index (χ0) is 20.4. The molecule has 2 heterocycles. The predicted molar refractivity (Wildman–Crippen MR) is 103 cm³/mol. The molecule has 4 N–H and O–H groups in total. The lowest BCUT2D eigenvalue weighted by Crippen LogP contribution is -2.64. The van der Waals surface area contributed by atoms with Gasteiger partial charge in [0.25, 0.3) is 5.91 Å². The van der Waals surface area contributed by atoms with Gasteiger partial charge in [0.05, 0.1) is 18.5 Å². The summed E-state index contributed by atoms with van der Waals surface area (Å²) in [5.41, 5.74) is 0.583. The first kappa shape index (κ1) is 23.2. The van der Waals surface area contributed by atoms with Crippen LogP contribution in [0.4, 0.5) is 0 Å². The lowest BCUT2D eigenvalue weighted by atomic mass is 10.1. The Hall–Kier alpha value is -1.86. The van der Waals surface area contributed by atoms with E-state index >= 15 is 0 Å². The molecule has 1 aromatic rings. The van der Waals surface area contributed by atoms with Crippen molar-refractivity contribution in [3.63, 3.8) is 0 Å². The number of amides is 1. The highest BCUT2D eigenvalue weighted by Gasteiger charge is 2.33. The van der Waals surface area contributed by atoms with Gasteiger partial charge in [-0.05, 0) is 25.4 Å². The molecule has 1 aliphatic rings. The Morgan fingerprint density at radius 3 is 2.74 bits per heavy atom. The van der Waals surface area contributed by atoms with Gasteiger partial charge in [0.15, 0.2) is 11.5 Å². The summed E-state index contributed by atoms with van der Waals surface area (Å²) in [5.74, 6) is -0.322. The van der Waals surface area contributed by atoms with Crippen LogP contribution in [-0.2, 0) is 19.4 Å². The number of rotatable bonds is 8. The van der Waals surface area contributed by atoms with Crippen LogP contribution in [0, 0.1) is 12.3 Å². The molecule has 1 aromatic heterocycles. The van der Waals surface area contributed by atoms with Crippen LogP contribution in [0.5, 0.6) is 0 Å². The van der Waals surface area contributed by atoms with E-state index in [1.807, 2.05) is 6.92 Å². The Morgan fingerprint density at radius 2 is 2.22 bits per heavy atom. The number of aliphatic hydroxyl groups is 1. The van der Waals surface area contributed by atoms with Gasteiger partial charge in [0.2, 0.25) is 0 Å². The van der Waals surface area contributed by atoms with E-state index < -0.39 is 11.9 Å². The number of aliphatic hydroxyl groups excluding tert-OH is 1. The molecule has 27 heavy (non-hydrogen) atoms. The van der Waals surface area contributed by atoms with Gasteiger partial charge in [-0.1, -0.05) is 5.57 Å². The van der Waals surface area contributed by atoms with Gasteiger partial charge in [-0.15, -0.1) is 11.8 Å². The van der Waals surface area contributed by atoms with E-state index in [0.717, 1.165) is 24.2 Å². The molecule has 10 nitrogen and oxygen atoms in total. The maximum Gasteiger partial charge on any atom is 0.365 e. The molecule has 1 saturated heterocycles. The number of hydrogen-bond acceptors (Lipinski definition) is 11. The average Bonchev–Trinajstić information content (AvgIpc) is 3.06. The number of nitrogens with zero attached hydrogens (tertiary/aromatic N) is 2. The van der Waals surface area contributed by atoms with Crippen LogP contribution in [-0.4, -0.2) is 70.0 Å². The van der Waals surface area contributed by atoms with Gasteiger partial charge in [-0.3, -0.25) is 15.1 Å². The van der Waals surface area contributed by atoms with Gasteiger partial charge in [0.1, 0.15) is 5.01 Å². The summed E-state index contributed by atoms with van der Waals surface area (Å²) < 4.78 is 3.97. The highest BCUT2D eigenvalue weighted by Crippen LogP contribution is 2.21. The predicted octanol–water partition coefficient (Wildman–Crippen LogP) is 0.0211. The van der Waals surface area contributed by atoms with Gasteiger partial charge in [0, 0.05) is 25.5 Å². The Bertz CT molecular complexity index is 694. The largest absolute Gasteiger partial charge is 0.400 e. The van der Waals surface area contributed by atoms with Crippen LogP contribution in [0.15, 0.2) is 11.6 Å². The molecule has 1 aliphatic heterocycles. The average molecular weight is 418 g/mol. The second-order valence-corrected chi connectivity index (χ2v) is 7.38. The summed E-state index contributed by atoms with van der Waals surface area (Å²) in [4.78, 5) is 36.1. The lowest BCUT2D eigenvalue weighted by Gasteiger charge is -2.38. The maximum atomic E-state index is 12.1. The van der Waals surface area contributed by atoms with Crippen LogP contribution < -0.4 is 10.6 Å². The van der Waals surface area contributed by atoms with E-state index in [4.69, 9.17) is 10.5 Å². The highest BCUT2D eigenvalue weighted by atomic mass is 32.2. The summed E-state index contributed by atoms with van der Waals surface area (Å²) in [6.07, 6.45) is 1.36.